The van der Waals surface area contributed by atoms with Gasteiger partial charge in [-0.1, -0.05) is 17.7 Å². The van der Waals surface area contributed by atoms with E-state index in [0.717, 1.165) is 36.1 Å². The van der Waals surface area contributed by atoms with Gasteiger partial charge in [0.1, 0.15) is 24.7 Å². The maximum Gasteiger partial charge on any atom is 0.254 e. The summed E-state index contributed by atoms with van der Waals surface area (Å²) < 4.78 is 19.6. The summed E-state index contributed by atoms with van der Waals surface area (Å²) in [6.45, 7) is 5.58. The van der Waals surface area contributed by atoms with Gasteiger partial charge in [-0.05, 0) is 91.9 Å². The smallest absolute Gasteiger partial charge is 0.254 e. The molecule has 1 aliphatic carbocycles. The molecule has 3 aromatic rings. The highest BCUT2D eigenvalue weighted by Crippen LogP contribution is 2.35. The number of hydrogen-bond donors (Lipinski definition) is 0. The zero-order valence-electron chi connectivity index (χ0n) is 20.7. The van der Waals surface area contributed by atoms with Crippen molar-refractivity contribution in [2.45, 2.75) is 39.2 Å². The predicted molar refractivity (Wildman–Crippen MR) is 139 cm³/mol. The van der Waals surface area contributed by atoms with Crippen LogP contribution in [0.3, 0.4) is 0 Å². The molecule has 2 aromatic carbocycles. The number of amides is 2. The van der Waals surface area contributed by atoms with E-state index in [-0.39, 0.29) is 30.2 Å². The number of carbonyl (C=O) groups is 2. The summed E-state index contributed by atoms with van der Waals surface area (Å²) in [6, 6.07) is 13.5. The van der Waals surface area contributed by atoms with Gasteiger partial charge >= 0.3 is 0 Å². The highest BCUT2D eigenvalue weighted by molar-refractivity contribution is 7.10. The summed E-state index contributed by atoms with van der Waals surface area (Å²) in [7, 11) is 0. The van der Waals surface area contributed by atoms with Crippen molar-refractivity contribution >= 4 is 23.2 Å². The molecule has 1 saturated carbocycles. The van der Waals surface area contributed by atoms with E-state index >= 15 is 0 Å². The van der Waals surface area contributed by atoms with Gasteiger partial charge in [0.15, 0.2) is 0 Å². The number of benzene rings is 2. The molecule has 1 aliphatic heterocycles. The molecule has 36 heavy (non-hydrogen) atoms. The van der Waals surface area contributed by atoms with Crippen molar-refractivity contribution in [3.8, 4) is 5.75 Å². The van der Waals surface area contributed by atoms with Gasteiger partial charge in [0.2, 0.25) is 5.91 Å². The van der Waals surface area contributed by atoms with Gasteiger partial charge in [-0.2, -0.15) is 0 Å². The minimum absolute atomic E-state index is 0.00619. The summed E-state index contributed by atoms with van der Waals surface area (Å²) in [5, 5.41) is 2.07. The molecular formula is C29H31FN2O3S. The van der Waals surface area contributed by atoms with E-state index in [0.29, 0.717) is 31.2 Å². The number of carbonyl (C=O) groups excluding carboxylic acids is 2. The van der Waals surface area contributed by atoms with E-state index in [1.165, 1.54) is 34.7 Å². The van der Waals surface area contributed by atoms with Crippen LogP contribution in [0, 0.1) is 25.6 Å². The van der Waals surface area contributed by atoms with Gasteiger partial charge in [0.25, 0.3) is 5.91 Å². The molecule has 0 radical (unpaired) electrons. The Bertz CT molecular complexity index is 1250. The van der Waals surface area contributed by atoms with E-state index in [2.05, 4.69) is 24.4 Å². The second-order valence-electron chi connectivity index (χ2n) is 9.87. The van der Waals surface area contributed by atoms with Crippen molar-refractivity contribution < 1.29 is 18.7 Å². The van der Waals surface area contributed by atoms with Gasteiger partial charge in [-0.15, -0.1) is 11.3 Å². The van der Waals surface area contributed by atoms with Crippen LogP contribution in [0.1, 0.15) is 50.8 Å². The first kappa shape index (κ1) is 24.5. The number of halogens is 1. The van der Waals surface area contributed by atoms with Gasteiger partial charge in [0, 0.05) is 23.5 Å². The third kappa shape index (κ3) is 5.46. The molecule has 1 fully saturated rings. The van der Waals surface area contributed by atoms with E-state index in [1.807, 2.05) is 24.0 Å². The first-order chi connectivity index (χ1) is 17.4. The maximum atomic E-state index is 13.7. The first-order valence-electron chi connectivity index (χ1n) is 12.5. The number of thiophene rings is 1. The van der Waals surface area contributed by atoms with Crippen molar-refractivity contribution in [2.24, 2.45) is 5.92 Å². The second-order valence-corrected chi connectivity index (χ2v) is 10.9. The van der Waals surface area contributed by atoms with Crippen LogP contribution in [0.25, 0.3) is 0 Å². The topological polar surface area (TPSA) is 49.9 Å². The van der Waals surface area contributed by atoms with E-state index < -0.39 is 0 Å². The molecule has 5 rings (SSSR count). The van der Waals surface area contributed by atoms with Gasteiger partial charge < -0.3 is 14.5 Å². The standard InChI is InChI=1S/C29H31FN2O3S/c1-19-3-10-26(20(2)15-19)35-18-25-24-12-14-36-27(24)11-13-32(25)28(33)17-31(16-21-4-5-21)29(34)22-6-8-23(30)9-7-22/h3,6-10,12,14-15,21,25H,4-5,11,13,16-18H2,1-2H3. The molecule has 2 aliphatic rings. The molecule has 0 bridgehead atoms. The molecule has 0 saturated heterocycles. The van der Waals surface area contributed by atoms with Crippen LogP contribution in [0.15, 0.2) is 53.9 Å². The van der Waals surface area contributed by atoms with E-state index in [4.69, 9.17) is 4.74 Å². The molecular weight excluding hydrogens is 475 g/mol. The molecule has 2 heterocycles. The molecule has 5 nitrogen and oxygen atoms in total. The number of aryl methyl sites for hydroxylation is 2. The van der Waals surface area contributed by atoms with Crippen molar-refractivity contribution in [1.82, 2.24) is 9.80 Å². The van der Waals surface area contributed by atoms with Crippen molar-refractivity contribution in [1.29, 1.82) is 0 Å². The zero-order valence-corrected chi connectivity index (χ0v) is 21.5. The number of ether oxygens (including phenoxy) is 1. The maximum absolute atomic E-state index is 13.7. The summed E-state index contributed by atoms with van der Waals surface area (Å²) in [6.07, 6.45) is 2.93. The highest BCUT2D eigenvalue weighted by Gasteiger charge is 2.35. The monoisotopic (exact) mass is 506 g/mol. The van der Waals surface area contributed by atoms with Gasteiger partial charge in [-0.25, -0.2) is 4.39 Å². The minimum atomic E-state index is -0.386. The number of fused-ring (bicyclic) bond motifs is 1. The lowest BCUT2D eigenvalue weighted by atomic mass is 10.00. The molecule has 0 N–H and O–H groups in total. The van der Waals surface area contributed by atoms with Crippen molar-refractivity contribution in [2.75, 3.05) is 26.2 Å². The Morgan fingerprint density at radius 1 is 1.11 bits per heavy atom. The van der Waals surface area contributed by atoms with Gasteiger partial charge in [0.05, 0.1) is 6.04 Å². The SMILES string of the molecule is Cc1ccc(OCC2c3ccsc3CCN2C(=O)CN(CC2CC2)C(=O)c2ccc(F)cc2)c(C)c1. The predicted octanol–water partition coefficient (Wildman–Crippen LogP) is 5.56. The lowest BCUT2D eigenvalue weighted by Gasteiger charge is -2.37. The molecule has 188 valence electrons. The van der Waals surface area contributed by atoms with Crippen LogP contribution in [0.4, 0.5) is 4.39 Å². The Morgan fingerprint density at radius 3 is 2.61 bits per heavy atom. The largest absolute Gasteiger partial charge is 0.491 e. The van der Waals surface area contributed by atoms with Crippen LogP contribution >= 0.6 is 11.3 Å². The Hall–Kier alpha value is -3.19. The van der Waals surface area contributed by atoms with Crippen LogP contribution in [-0.2, 0) is 11.2 Å². The van der Waals surface area contributed by atoms with Crippen molar-refractivity contribution in [3.63, 3.8) is 0 Å². The van der Waals surface area contributed by atoms with E-state index in [9.17, 15) is 14.0 Å². The third-order valence-electron chi connectivity index (χ3n) is 7.02. The first-order valence-corrected chi connectivity index (χ1v) is 13.4. The van der Waals surface area contributed by atoms with Crippen LogP contribution < -0.4 is 4.74 Å². The molecule has 1 atom stereocenters. The van der Waals surface area contributed by atoms with Crippen LogP contribution in [0.2, 0.25) is 0 Å². The van der Waals surface area contributed by atoms with Crippen molar-refractivity contribution in [3.05, 3.63) is 86.9 Å². The molecule has 1 aromatic heterocycles. The van der Waals surface area contributed by atoms with E-state index in [1.54, 1.807) is 16.2 Å². The fraction of sp³-hybridized carbons (Fsp3) is 0.379. The lowest BCUT2D eigenvalue weighted by molar-refractivity contribution is -0.135. The Kier molecular flexibility index (Phi) is 7.10. The normalized spacial score (nSPS) is 17.0. The fourth-order valence-electron chi connectivity index (χ4n) is 4.87. The summed E-state index contributed by atoms with van der Waals surface area (Å²) in [5.41, 5.74) is 3.77. The Balaban J connectivity index is 1.34. The quantitative estimate of drug-likeness (QED) is 0.402. The summed E-state index contributed by atoms with van der Waals surface area (Å²) >= 11 is 1.71. The van der Waals surface area contributed by atoms with Gasteiger partial charge in [-0.3, -0.25) is 9.59 Å². The second kappa shape index (κ2) is 10.4. The Labute approximate surface area is 215 Å². The average Bonchev–Trinajstić information content (AvgIpc) is 3.55. The third-order valence-corrected chi connectivity index (χ3v) is 8.02. The molecule has 7 heteroatoms. The highest BCUT2D eigenvalue weighted by atomic mass is 32.1. The summed E-state index contributed by atoms with van der Waals surface area (Å²) in [4.78, 5) is 31.7. The number of nitrogens with zero attached hydrogens (tertiary/aromatic N) is 2. The molecule has 1 unspecified atom stereocenters. The van der Waals surface area contributed by atoms with Crippen LogP contribution in [-0.4, -0.2) is 47.9 Å². The number of hydrogen-bond acceptors (Lipinski definition) is 4. The Morgan fingerprint density at radius 2 is 1.89 bits per heavy atom. The average molecular weight is 507 g/mol. The van der Waals surface area contributed by atoms with Crippen LogP contribution in [0.5, 0.6) is 5.75 Å². The fourth-order valence-corrected chi connectivity index (χ4v) is 5.79. The molecule has 0 spiro atoms. The lowest BCUT2D eigenvalue weighted by Crippen LogP contribution is -2.48. The minimum Gasteiger partial charge on any atom is -0.491 e. The number of rotatable bonds is 8. The summed E-state index contributed by atoms with van der Waals surface area (Å²) in [5.74, 6) is 0.541. The zero-order chi connectivity index (χ0) is 25.2. The molecule has 2 amide bonds.